The molecule has 0 N–H and O–H groups in total. The number of hydrogen-bond acceptors (Lipinski definition) is 1. The number of halogens is 3. The maximum Gasteiger partial charge on any atom is 0.126 e. The fourth-order valence-corrected chi connectivity index (χ4v) is 2.63. The number of hydrogen-bond donors (Lipinski definition) is 0. The van der Waals surface area contributed by atoms with Crippen molar-refractivity contribution in [2.45, 2.75) is 13.5 Å². The van der Waals surface area contributed by atoms with Crippen LogP contribution >= 0.6 is 27.5 Å². The van der Waals surface area contributed by atoms with Crippen LogP contribution in [0, 0.1) is 5.82 Å². The minimum atomic E-state index is -0.310. The van der Waals surface area contributed by atoms with Crippen molar-refractivity contribution < 1.29 is 4.39 Å². The maximum atomic E-state index is 13.4. The third-order valence-corrected chi connectivity index (χ3v) is 3.57. The summed E-state index contributed by atoms with van der Waals surface area (Å²) in [6.07, 6.45) is 0. The van der Waals surface area contributed by atoms with Crippen molar-refractivity contribution in [3.8, 4) is 0 Å². The quantitative estimate of drug-likeness (QED) is 0.732. The zero-order valence-corrected chi connectivity index (χ0v) is 12.9. The van der Waals surface area contributed by atoms with Crippen molar-refractivity contribution in [3.63, 3.8) is 0 Å². The molecule has 0 unspecified atom stereocenters. The first kappa shape index (κ1) is 14.4. The van der Waals surface area contributed by atoms with E-state index in [0.717, 1.165) is 28.8 Å². The summed E-state index contributed by atoms with van der Waals surface area (Å²) in [6, 6.07) is 12.7. The van der Waals surface area contributed by atoms with Gasteiger partial charge in [-0.2, -0.15) is 0 Å². The van der Waals surface area contributed by atoms with Gasteiger partial charge in [-0.1, -0.05) is 39.7 Å². The van der Waals surface area contributed by atoms with Gasteiger partial charge >= 0.3 is 0 Å². The molecule has 19 heavy (non-hydrogen) atoms. The van der Waals surface area contributed by atoms with Crippen LogP contribution < -0.4 is 4.90 Å². The van der Waals surface area contributed by atoms with Crippen molar-refractivity contribution in [1.82, 2.24) is 0 Å². The van der Waals surface area contributed by atoms with Gasteiger partial charge in [0.2, 0.25) is 0 Å². The average molecular weight is 343 g/mol. The Bertz CT molecular complexity index is 554. The summed E-state index contributed by atoms with van der Waals surface area (Å²) >= 11 is 9.36. The number of rotatable bonds is 4. The Labute approximate surface area is 126 Å². The first-order valence-corrected chi connectivity index (χ1v) is 7.21. The molecular formula is C15H14BrClFN. The van der Waals surface area contributed by atoms with Gasteiger partial charge in [0.1, 0.15) is 5.82 Å². The van der Waals surface area contributed by atoms with Crippen LogP contribution in [-0.2, 0) is 6.54 Å². The van der Waals surface area contributed by atoms with Gasteiger partial charge in [0.15, 0.2) is 0 Å². The predicted octanol–water partition coefficient (Wildman–Crippen LogP) is 5.27. The molecule has 0 aliphatic heterocycles. The predicted molar refractivity (Wildman–Crippen MR) is 82.3 cm³/mol. The molecule has 1 nitrogen and oxygen atoms in total. The summed E-state index contributed by atoms with van der Waals surface area (Å²) in [5.74, 6) is -0.310. The molecule has 0 bridgehead atoms. The second-order valence-electron chi connectivity index (χ2n) is 4.27. The normalized spacial score (nSPS) is 10.5. The highest BCUT2D eigenvalue weighted by molar-refractivity contribution is 9.10. The fraction of sp³-hybridized carbons (Fsp3) is 0.200. The summed E-state index contributed by atoms with van der Waals surface area (Å²) < 4.78 is 14.4. The zero-order valence-electron chi connectivity index (χ0n) is 10.5. The molecule has 0 saturated heterocycles. The highest BCUT2D eigenvalue weighted by Crippen LogP contribution is 2.24. The van der Waals surface area contributed by atoms with Crippen LogP contribution in [0.15, 0.2) is 46.9 Å². The molecule has 0 aromatic heterocycles. The van der Waals surface area contributed by atoms with Crippen molar-refractivity contribution in [2.75, 3.05) is 11.4 Å². The van der Waals surface area contributed by atoms with E-state index in [1.165, 1.54) is 12.1 Å². The molecule has 0 saturated carbocycles. The highest BCUT2D eigenvalue weighted by atomic mass is 79.9. The third kappa shape index (κ3) is 3.95. The molecule has 2 aromatic rings. The van der Waals surface area contributed by atoms with Gasteiger partial charge in [0.05, 0.1) is 0 Å². The zero-order chi connectivity index (χ0) is 13.8. The molecule has 100 valence electrons. The van der Waals surface area contributed by atoms with Crippen molar-refractivity contribution in [3.05, 3.63) is 63.3 Å². The summed E-state index contributed by atoms with van der Waals surface area (Å²) in [4.78, 5) is 2.08. The minimum Gasteiger partial charge on any atom is -0.367 e. The number of anilines is 1. The molecule has 0 radical (unpaired) electrons. The Kier molecular flexibility index (Phi) is 4.83. The lowest BCUT2D eigenvalue weighted by atomic mass is 10.2. The standard InChI is InChI=1S/C15H14BrClFN/c1-2-19(10-11-4-3-5-12(16)6-11)15-8-13(17)7-14(18)9-15/h3-9H,2,10H2,1H3. The van der Waals surface area contributed by atoms with Crippen LogP contribution in [0.5, 0.6) is 0 Å². The van der Waals surface area contributed by atoms with E-state index in [1.54, 1.807) is 6.07 Å². The third-order valence-electron chi connectivity index (χ3n) is 2.86. The Hall–Kier alpha value is -1.06. The van der Waals surface area contributed by atoms with E-state index in [0.29, 0.717) is 5.02 Å². The largest absolute Gasteiger partial charge is 0.367 e. The van der Waals surface area contributed by atoms with Gasteiger partial charge in [-0.15, -0.1) is 0 Å². The molecule has 2 rings (SSSR count). The van der Waals surface area contributed by atoms with Crippen LogP contribution in [0.3, 0.4) is 0 Å². The molecular weight excluding hydrogens is 329 g/mol. The lowest BCUT2D eigenvalue weighted by Gasteiger charge is -2.23. The molecule has 0 spiro atoms. The van der Waals surface area contributed by atoms with Gasteiger partial charge in [0.25, 0.3) is 0 Å². The van der Waals surface area contributed by atoms with Gasteiger partial charge in [-0.05, 0) is 42.8 Å². The van der Waals surface area contributed by atoms with Crippen LogP contribution in [0.25, 0.3) is 0 Å². The molecule has 2 aromatic carbocycles. The SMILES string of the molecule is CCN(Cc1cccc(Br)c1)c1cc(F)cc(Cl)c1. The van der Waals surface area contributed by atoms with E-state index in [1.807, 2.05) is 25.1 Å². The highest BCUT2D eigenvalue weighted by Gasteiger charge is 2.08. The van der Waals surface area contributed by atoms with E-state index in [9.17, 15) is 4.39 Å². The first-order chi connectivity index (χ1) is 9.08. The van der Waals surface area contributed by atoms with E-state index in [4.69, 9.17) is 11.6 Å². The smallest absolute Gasteiger partial charge is 0.126 e. The lowest BCUT2D eigenvalue weighted by Crippen LogP contribution is -2.22. The van der Waals surface area contributed by atoms with Crippen molar-refractivity contribution in [1.29, 1.82) is 0 Å². The van der Waals surface area contributed by atoms with Crippen LogP contribution in [0.2, 0.25) is 5.02 Å². The van der Waals surface area contributed by atoms with Crippen LogP contribution in [0.4, 0.5) is 10.1 Å². The molecule has 0 heterocycles. The Morgan fingerprint density at radius 2 is 2.00 bits per heavy atom. The lowest BCUT2D eigenvalue weighted by molar-refractivity contribution is 0.626. The molecule has 0 atom stereocenters. The molecule has 0 aliphatic rings. The fourth-order valence-electron chi connectivity index (χ4n) is 1.96. The van der Waals surface area contributed by atoms with Gasteiger partial charge in [-0.25, -0.2) is 4.39 Å². The molecule has 0 amide bonds. The monoisotopic (exact) mass is 341 g/mol. The Morgan fingerprint density at radius 3 is 2.63 bits per heavy atom. The molecule has 0 fully saturated rings. The second kappa shape index (κ2) is 6.40. The number of nitrogens with zero attached hydrogens (tertiary/aromatic N) is 1. The van der Waals surface area contributed by atoms with E-state index in [-0.39, 0.29) is 5.82 Å². The summed E-state index contributed by atoms with van der Waals surface area (Å²) in [6.45, 7) is 3.54. The second-order valence-corrected chi connectivity index (χ2v) is 5.62. The van der Waals surface area contributed by atoms with Crippen LogP contribution in [-0.4, -0.2) is 6.54 Å². The van der Waals surface area contributed by atoms with Crippen molar-refractivity contribution in [2.24, 2.45) is 0 Å². The van der Waals surface area contributed by atoms with Gasteiger partial charge in [0, 0.05) is 28.3 Å². The van der Waals surface area contributed by atoms with E-state index in [2.05, 4.69) is 26.9 Å². The summed E-state index contributed by atoms with van der Waals surface area (Å²) in [5.41, 5.74) is 1.96. The molecule has 0 aliphatic carbocycles. The van der Waals surface area contributed by atoms with Gasteiger partial charge < -0.3 is 4.90 Å². The minimum absolute atomic E-state index is 0.310. The average Bonchev–Trinajstić information content (AvgIpc) is 2.34. The summed E-state index contributed by atoms with van der Waals surface area (Å²) in [7, 11) is 0. The van der Waals surface area contributed by atoms with Crippen LogP contribution in [0.1, 0.15) is 12.5 Å². The van der Waals surface area contributed by atoms with E-state index >= 15 is 0 Å². The van der Waals surface area contributed by atoms with Gasteiger partial charge in [-0.3, -0.25) is 0 Å². The van der Waals surface area contributed by atoms with E-state index < -0.39 is 0 Å². The topological polar surface area (TPSA) is 3.24 Å². The summed E-state index contributed by atoms with van der Waals surface area (Å²) in [5, 5.41) is 0.419. The maximum absolute atomic E-state index is 13.4. The molecule has 4 heteroatoms. The Balaban J connectivity index is 2.24. The van der Waals surface area contributed by atoms with Crippen molar-refractivity contribution >= 4 is 33.2 Å². The Morgan fingerprint density at radius 1 is 1.21 bits per heavy atom. The first-order valence-electron chi connectivity index (χ1n) is 6.04. The number of benzene rings is 2.